The van der Waals surface area contributed by atoms with Gasteiger partial charge in [-0.2, -0.15) is 0 Å². The molecule has 3 aromatic rings. The van der Waals surface area contributed by atoms with Gasteiger partial charge in [0.25, 0.3) is 0 Å². The van der Waals surface area contributed by atoms with Crippen molar-refractivity contribution in [3.63, 3.8) is 0 Å². The van der Waals surface area contributed by atoms with Crippen LogP contribution in [0.3, 0.4) is 0 Å². The first kappa shape index (κ1) is 15.5. The molecule has 0 spiro atoms. The number of phenols is 1. The number of aliphatic imine (C=N–C) groups is 1. The number of rotatable bonds is 2. The number of nitrogens with zero attached hydrogens (tertiary/aromatic N) is 1. The molecule has 1 N–H and O–H groups in total. The Morgan fingerprint density at radius 2 is 1.57 bits per heavy atom. The molecule has 0 amide bonds. The van der Waals surface area contributed by atoms with Crippen molar-refractivity contribution in [2.24, 2.45) is 4.99 Å². The molecule has 3 aromatic carbocycles. The second-order valence-electron chi connectivity index (χ2n) is 5.47. The van der Waals surface area contributed by atoms with Crippen molar-refractivity contribution < 1.29 is 22.2 Å². The van der Waals surface area contributed by atoms with E-state index in [1.54, 1.807) is 6.21 Å². The molecule has 0 aliphatic heterocycles. The number of hydrogen-bond acceptors (Lipinski definition) is 2. The third kappa shape index (κ3) is 2.81. The summed E-state index contributed by atoms with van der Waals surface area (Å²) in [5.74, 6) is 0.321. The van der Waals surface area contributed by atoms with Gasteiger partial charge in [0.05, 0.1) is 5.69 Å². The molecule has 1 radical (unpaired) electrons. The van der Waals surface area contributed by atoms with Crippen LogP contribution in [0.15, 0.2) is 71.7 Å². The fraction of sp³-hybridized carbons (Fsp3) is 0.0500. The van der Waals surface area contributed by atoms with Gasteiger partial charge < -0.3 is 5.11 Å². The molecule has 0 aromatic heterocycles. The Balaban J connectivity index is 0.00000156. The molecule has 0 bridgehead atoms. The van der Waals surface area contributed by atoms with Crippen LogP contribution in [-0.4, -0.2) is 11.3 Å². The van der Waals surface area contributed by atoms with E-state index < -0.39 is 0 Å². The Hall–Kier alpha value is -2.35. The zero-order chi connectivity index (χ0) is 14.9. The Morgan fingerprint density at radius 1 is 0.826 bits per heavy atom. The van der Waals surface area contributed by atoms with Crippen LogP contribution in [0.4, 0.5) is 5.69 Å². The summed E-state index contributed by atoms with van der Waals surface area (Å²) < 4.78 is 0. The van der Waals surface area contributed by atoms with E-state index in [4.69, 9.17) is 0 Å². The van der Waals surface area contributed by atoms with Crippen LogP contribution in [0, 0.1) is 0 Å². The second kappa shape index (κ2) is 6.41. The summed E-state index contributed by atoms with van der Waals surface area (Å²) >= 11 is 0. The summed E-state index contributed by atoms with van der Waals surface area (Å²) in [7, 11) is 0. The van der Waals surface area contributed by atoms with Crippen molar-refractivity contribution in [1.82, 2.24) is 0 Å². The van der Waals surface area contributed by atoms with Crippen LogP contribution in [-0.2, 0) is 23.5 Å². The Morgan fingerprint density at radius 3 is 2.39 bits per heavy atom. The summed E-state index contributed by atoms with van der Waals surface area (Å²) in [6.45, 7) is 0. The first-order valence-electron chi connectivity index (χ1n) is 7.35. The Labute approximate surface area is 146 Å². The number of phenolic OH excluding ortho intramolecular Hbond substituents is 1. The standard InChI is InChI=1S/C20H15NO.Cu/c22-20-16(13-21-17-7-2-1-3-8-17)11-10-15-12-14-6-4-5-9-18(14)19(15)20;/h1-11,13,22H,12H2;. The van der Waals surface area contributed by atoms with E-state index in [-0.39, 0.29) is 17.1 Å². The monoisotopic (exact) mass is 348 g/mol. The van der Waals surface area contributed by atoms with Gasteiger partial charge in [-0.25, -0.2) is 0 Å². The van der Waals surface area contributed by atoms with Crippen LogP contribution in [0.25, 0.3) is 11.1 Å². The first-order chi connectivity index (χ1) is 10.8. The van der Waals surface area contributed by atoms with Gasteiger partial charge in [0.1, 0.15) is 5.75 Å². The fourth-order valence-corrected chi connectivity index (χ4v) is 2.98. The van der Waals surface area contributed by atoms with Gasteiger partial charge in [-0.15, -0.1) is 0 Å². The number of hydrogen-bond donors (Lipinski definition) is 1. The summed E-state index contributed by atoms with van der Waals surface area (Å²) in [5, 5.41) is 10.6. The van der Waals surface area contributed by atoms with Crippen molar-refractivity contribution in [2.75, 3.05) is 0 Å². The molecule has 2 nitrogen and oxygen atoms in total. The van der Waals surface area contributed by atoms with Gasteiger partial charge in [-0.3, -0.25) is 4.99 Å². The Kier molecular flexibility index (Phi) is 4.33. The molecular formula is C20H15CuNO. The molecule has 0 saturated heterocycles. The third-order valence-electron chi connectivity index (χ3n) is 4.07. The predicted octanol–water partition coefficient (Wildman–Crippen LogP) is 4.71. The fourth-order valence-electron chi connectivity index (χ4n) is 2.98. The molecule has 23 heavy (non-hydrogen) atoms. The first-order valence-corrected chi connectivity index (χ1v) is 7.35. The van der Waals surface area contributed by atoms with Gasteiger partial charge in [0.15, 0.2) is 0 Å². The molecule has 0 saturated carbocycles. The van der Waals surface area contributed by atoms with Crippen molar-refractivity contribution in [3.8, 4) is 16.9 Å². The summed E-state index contributed by atoms with van der Waals surface area (Å²) in [4.78, 5) is 4.43. The molecule has 0 unspecified atom stereocenters. The largest absolute Gasteiger partial charge is 0.507 e. The molecule has 0 atom stereocenters. The van der Waals surface area contributed by atoms with Crippen LogP contribution in [0.1, 0.15) is 16.7 Å². The van der Waals surface area contributed by atoms with E-state index in [9.17, 15) is 5.11 Å². The van der Waals surface area contributed by atoms with E-state index >= 15 is 0 Å². The van der Waals surface area contributed by atoms with E-state index in [1.165, 1.54) is 11.1 Å². The number of benzene rings is 3. The van der Waals surface area contributed by atoms with Crippen LogP contribution in [0.2, 0.25) is 0 Å². The van der Waals surface area contributed by atoms with Gasteiger partial charge in [0.2, 0.25) is 0 Å². The molecule has 3 heteroatoms. The van der Waals surface area contributed by atoms with E-state index in [0.717, 1.165) is 28.8 Å². The maximum absolute atomic E-state index is 10.6. The van der Waals surface area contributed by atoms with Crippen LogP contribution < -0.4 is 0 Å². The molecule has 0 heterocycles. The molecule has 4 rings (SSSR count). The van der Waals surface area contributed by atoms with Crippen LogP contribution in [0.5, 0.6) is 5.75 Å². The van der Waals surface area contributed by atoms with Gasteiger partial charge in [-0.05, 0) is 41.3 Å². The van der Waals surface area contributed by atoms with Crippen molar-refractivity contribution in [3.05, 3.63) is 83.4 Å². The third-order valence-corrected chi connectivity index (χ3v) is 4.07. The Bertz CT molecular complexity index is 872. The minimum atomic E-state index is 0. The van der Waals surface area contributed by atoms with Gasteiger partial charge in [0, 0.05) is 34.4 Å². The normalized spacial score (nSPS) is 11.8. The zero-order valence-corrected chi connectivity index (χ0v) is 13.3. The average molecular weight is 349 g/mol. The van der Waals surface area contributed by atoms with Crippen molar-refractivity contribution >= 4 is 11.9 Å². The molecular weight excluding hydrogens is 334 g/mol. The number of aromatic hydroxyl groups is 1. The second-order valence-corrected chi connectivity index (χ2v) is 5.47. The minimum Gasteiger partial charge on any atom is -0.507 e. The quantitative estimate of drug-likeness (QED) is 0.413. The summed E-state index contributed by atoms with van der Waals surface area (Å²) in [5.41, 5.74) is 6.15. The van der Waals surface area contributed by atoms with Gasteiger partial charge in [-0.1, -0.05) is 48.5 Å². The number of para-hydroxylation sites is 1. The predicted molar refractivity (Wildman–Crippen MR) is 90.0 cm³/mol. The summed E-state index contributed by atoms with van der Waals surface area (Å²) in [6.07, 6.45) is 2.61. The van der Waals surface area contributed by atoms with Gasteiger partial charge >= 0.3 is 0 Å². The van der Waals surface area contributed by atoms with Crippen LogP contribution >= 0.6 is 0 Å². The topological polar surface area (TPSA) is 32.6 Å². The molecule has 117 valence electrons. The average Bonchev–Trinajstić information content (AvgIpc) is 2.94. The van der Waals surface area contributed by atoms with E-state index in [2.05, 4.69) is 23.2 Å². The van der Waals surface area contributed by atoms with Crippen molar-refractivity contribution in [2.45, 2.75) is 6.42 Å². The maximum atomic E-state index is 10.6. The molecule has 1 aliphatic carbocycles. The number of fused-ring (bicyclic) bond motifs is 3. The zero-order valence-electron chi connectivity index (χ0n) is 12.3. The van der Waals surface area contributed by atoms with Crippen molar-refractivity contribution in [1.29, 1.82) is 0 Å². The SMILES string of the molecule is Oc1c(C=Nc2ccccc2)ccc2c1-c1ccccc1C2.[Cu]. The molecule has 0 fully saturated rings. The summed E-state index contributed by atoms with van der Waals surface area (Å²) in [6, 6.07) is 22.0. The maximum Gasteiger partial charge on any atom is 0.132 e. The smallest absolute Gasteiger partial charge is 0.132 e. The minimum absolute atomic E-state index is 0. The molecule has 1 aliphatic rings. The van der Waals surface area contributed by atoms with E-state index in [1.807, 2.05) is 48.5 Å². The van der Waals surface area contributed by atoms with E-state index in [0.29, 0.717) is 5.75 Å².